The standard InChI is InChI=1S/C11H24/c1-6-7-8-11(9(2)3)10(4)5/h9-11H,6-8H2,1-5H3. The topological polar surface area (TPSA) is 0 Å². The molecule has 0 bridgehead atoms. The molecule has 0 aromatic heterocycles. The molecule has 0 atom stereocenters. The van der Waals surface area contributed by atoms with Gasteiger partial charge in [-0.3, -0.25) is 0 Å². The summed E-state index contributed by atoms with van der Waals surface area (Å²) in [5.74, 6) is 2.66. The van der Waals surface area contributed by atoms with Gasteiger partial charge in [0.05, 0.1) is 0 Å². The summed E-state index contributed by atoms with van der Waals surface area (Å²) in [6.45, 7) is 11.7. The Morgan fingerprint density at radius 3 is 1.64 bits per heavy atom. The Morgan fingerprint density at radius 1 is 0.909 bits per heavy atom. The smallest absolute Gasteiger partial charge is 0.0368 e. The molecule has 0 amide bonds. The van der Waals surface area contributed by atoms with E-state index in [9.17, 15) is 0 Å². The van der Waals surface area contributed by atoms with E-state index in [1.165, 1.54) is 19.3 Å². The molecule has 0 aromatic rings. The van der Waals surface area contributed by atoms with Crippen molar-refractivity contribution < 1.29 is 0 Å². The van der Waals surface area contributed by atoms with Crippen LogP contribution in [0.1, 0.15) is 53.9 Å². The van der Waals surface area contributed by atoms with Crippen molar-refractivity contribution in [2.75, 3.05) is 0 Å². The maximum Gasteiger partial charge on any atom is -0.0368 e. The molecule has 0 rings (SSSR count). The maximum absolute atomic E-state index is 2.35. The van der Waals surface area contributed by atoms with E-state index < -0.39 is 0 Å². The van der Waals surface area contributed by atoms with E-state index in [1.807, 2.05) is 0 Å². The third kappa shape index (κ3) is 4.44. The molecule has 68 valence electrons. The van der Waals surface area contributed by atoms with Crippen LogP contribution >= 0.6 is 0 Å². The van der Waals surface area contributed by atoms with Gasteiger partial charge < -0.3 is 0 Å². The molecule has 0 aliphatic carbocycles. The monoisotopic (exact) mass is 156 g/mol. The van der Waals surface area contributed by atoms with Crippen LogP contribution in [0.15, 0.2) is 0 Å². The third-order valence-corrected chi connectivity index (χ3v) is 2.60. The lowest BCUT2D eigenvalue weighted by Gasteiger charge is -2.24. The molecule has 0 aliphatic heterocycles. The van der Waals surface area contributed by atoms with Gasteiger partial charge in [0.1, 0.15) is 0 Å². The predicted octanol–water partition coefficient (Wildman–Crippen LogP) is 4.10. The highest BCUT2D eigenvalue weighted by Gasteiger charge is 2.15. The van der Waals surface area contributed by atoms with Gasteiger partial charge in [0, 0.05) is 0 Å². The first-order valence-electron chi connectivity index (χ1n) is 5.09. The minimum atomic E-state index is 0.863. The van der Waals surface area contributed by atoms with Crippen LogP contribution < -0.4 is 0 Å². The average Bonchev–Trinajstić information content (AvgIpc) is 1.87. The molecule has 0 unspecified atom stereocenters. The fourth-order valence-corrected chi connectivity index (χ4v) is 1.88. The SMILES string of the molecule is CCCCC(C(C)C)C(C)C. The summed E-state index contributed by atoms with van der Waals surface area (Å²) >= 11 is 0. The fourth-order valence-electron chi connectivity index (χ4n) is 1.88. The molecule has 0 aliphatic rings. The summed E-state index contributed by atoms with van der Waals surface area (Å²) in [7, 11) is 0. The second kappa shape index (κ2) is 5.62. The molecule has 0 spiro atoms. The summed E-state index contributed by atoms with van der Waals surface area (Å²) in [6, 6.07) is 0. The van der Waals surface area contributed by atoms with Crippen LogP contribution in [0.4, 0.5) is 0 Å². The Bertz CT molecular complexity index is 74.0. The van der Waals surface area contributed by atoms with Gasteiger partial charge in [-0.15, -0.1) is 0 Å². The fraction of sp³-hybridized carbons (Fsp3) is 1.00. The molecule has 0 saturated heterocycles. The summed E-state index contributed by atoms with van der Waals surface area (Å²) in [4.78, 5) is 0. The van der Waals surface area contributed by atoms with Crippen LogP contribution in [0.25, 0.3) is 0 Å². The molecule has 11 heavy (non-hydrogen) atoms. The van der Waals surface area contributed by atoms with Crippen molar-refractivity contribution in [1.82, 2.24) is 0 Å². The highest BCUT2D eigenvalue weighted by molar-refractivity contribution is 4.66. The minimum Gasteiger partial charge on any atom is -0.0654 e. The predicted molar refractivity (Wildman–Crippen MR) is 52.7 cm³/mol. The summed E-state index contributed by atoms with van der Waals surface area (Å²) < 4.78 is 0. The first kappa shape index (κ1) is 11.0. The highest BCUT2D eigenvalue weighted by Crippen LogP contribution is 2.25. The van der Waals surface area contributed by atoms with Crippen molar-refractivity contribution in [3.63, 3.8) is 0 Å². The highest BCUT2D eigenvalue weighted by atomic mass is 14.2. The van der Waals surface area contributed by atoms with Crippen molar-refractivity contribution in [1.29, 1.82) is 0 Å². The van der Waals surface area contributed by atoms with Crippen LogP contribution in [-0.4, -0.2) is 0 Å². The van der Waals surface area contributed by atoms with Gasteiger partial charge in [-0.25, -0.2) is 0 Å². The quantitative estimate of drug-likeness (QED) is 0.562. The van der Waals surface area contributed by atoms with Gasteiger partial charge in [-0.05, 0) is 24.2 Å². The first-order valence-corrected chi connectivity index (χ1v) is 5.09. The molecule has 0 radical (unpaired) electrons. The molecule has 0 fully saturated rings. The van der Waals surface area contributed by atoms with E-state index in [0.717, 1.165) is 17.8 Å². The maximum atomic E-state index is 2.35. The Morgan fingerprint density at radius 2 is 1.36 bits per heavy atom. The largest absolute Gasteiger partial charge is 0.0654 e. The molecule has 0 aromatic carbocycles. The van der Waals surface area contributed by atoms with E-state index in [4.69, 9.17) is 0 Å². The Balaban J connectivity index is 3.70. The lowest BCUT2D eigenvalue weighted by atomic mass is 9.82. The van der Waals surface area contributed by atoms with Gasteiger partial charge in [0.15, 0.2) is 0 Å². The van der Waals surface area contributed by atoms with E-state index in [-0.39, 0.29) is 0 Å². The van der Waals surface area contributed by atoms with E-state index >= 15 is 0 Å². The van der Waals surface area contributed by atoms with E-state index in [2.05, 4.69) is 34.6 Å². The molecular formula is C11H24. The van der Waals surface area contributed by atoms with Gasteiger partial charge >= 0.3 is 0 Å². The summed E-state index contributed by atoms with van der Waals surface area (Å²) in [6.07, 6.45) is 4.17. The number of unbranched alkanes of at least 4 members (excludes halogenated alkanes) is 1. The van der Waals surface area contributed by atoms with Crippen LogP contribution in [-0.2, 0) is 0 Å². The zero-order valence-corrected chi connectivity index (χ0v) is 8.85. The zero-order chi connectivity index (χ0) is 8.85. The molecule has 0 heterocycles. The van der Waals surface area contributed by atoms with Crippen molar-refractivity contribution in [3.05, 3.63) is 0 Å². The van der Waals surface area contributed by atoms with Crippen molar-refractivity contribution in [3.8, 4) is 0 Å². The Hall–Kier alpha value is 0. The molecular weight excluding hydrogens is 132 g/mol. The second-order valence-electron chi connectivity index (χ2n) is 4.29. The van der Waals surface area contributed by atoms with Gasteiger partial charge in [-0.2, -0.15) is 0 Å². The van der Waals surface area contributed by atoms with E-state index in [0.29, 0.717) is 0 Å². The van der Waals surface area contributed by atoms with E-state index in [1.54, 1.807) is 0 Å². The average molecular weight is 156 g/mol. The zero-order valence-electron chi connectivity index (χ0n) is 8.85. The van der Waals surface area contributed by atoms with Gasteiger partial charge in [-0.1, -0.05) is 47.5 Å². The molecule has 0 saturated carbocycles. The van der Waals surface area contributed by atoms with Crippen molar-refractivity contribution in [2.45, 2.75) is 53.9 Å². The molecule has 0 N–H and O–H groups in total. The van der Waals surface area contributed by atoms with Crippen LogP contribution in [0.2, 0.25) is 0 Å². The van der Waals surface area contributed by atoms with Gasteiger partial charge in [0.2, 0.25) is 0 Å². The molecule has 0 nitrogen and oxygen atoms in total. The number of hydrogen-bond acceptors (Lipinski definition) is 0. The Kier molecular flexibility index (Phi) is 5.62. The van der Waals surface area contributed by atoms with Crippen LogP contribution in [0.3, 0.4) is 0 Å². The second-order valence-corrected chi connectivity index (χ2v) is 4.29. The summed E-state index contributed by atoms with van der Waals surface area (Å²) in [5.41, 5.74) is 0. The lowest BCUT2D eigenvalue weighted by molar-refractivity contribution is 0.263. The third-order valence-electron chi connectivity index (χ3n) is 2.60. The van der Waals surface area contributed by atoms with Crippen molar-refractivity contribution >= 4 is 0 Å². The lowest BCUT2D eigenvalue weighted by Crippen LogP contribution is -2.15. The first-order chi connectivity index (χ1) is 5.09. The van der Waals surface area contributed by atoms with Gasteiger partial charge in [0.25, 0.3) is 0 Å². The normalized spacial score (nSPS) is 12.0. The van der Waals surface area contributed by atoms with Crippen molar-refractivity contribution in [2.24, 2.45) is 17.8 Å². The number of rotatable bonds is 5. The Labute approximate surface area is 72.4 Å². The number of hydrogen-bond donors (Lipinski definition) is 0. The minimum absolute atomic E-state index is 0.863. The van der Waals surface area contributed by atoms with Crippen LogP contribution in [0.5, 0.6) is 0 Å². The van der Waals surface area contributed by atoms with Crippen LogP contribution in [0, 0.1) is 17.8 Å². The summed E-state index contributed by atoms with van der Waals surface area (Å²) in [5, 5.41) is 0. The molecule has 0 heteroatoms.